The quantitative estimate of drug-likeness (QED) is 0.505. The van der Waals surface area contributed by atoms with Gasteiger partial charge in [-0.15, -0.1) is 0 Å². The lowest BCUT2D eigenvalue weighted by Gasteiger charge is -2.22. The molecule has 2 rings (SSSR count). The highest BCUT2D eigenvalue weighted by Crippen LogP contribution is 2.12. The van der Waals surface area contributed by atoms with E-state index in [2.05, 4.69) is 9.98 Å². The Morgan fingerprint density at radius 1 is 0.900 bits per heavy atom. The molecule has 0 fully saturated rings. The van der Waals surface area contributed by atoms with Crippen LogP contribution in [0.5, 0.6) is 0 Å². The Hall–Kier alpha value is -2.57. The molecule has 0 aromatic carbocycles. The van der Waals surface area contributed by atoms with Crippen LogP contribution in [0.25, 0.3) is 0 Å². The second-order valence-corrected chi connectivity index (χ2v) is 4.44. The molecule has 2 aliphatic rings. The third kappa shape index (κ3) is 2.56. The predicted molar refractivity (Wildman–Crippen MR) is 73.4 cm³/mol. The second kappa shape index (κ2) is 5.60. The first kappa shape index (κ1) is 13.9. The van der Waals surface area contributed by atoms with Gasteiger partial charge in [0.25, 0.3) is 17.3 Å². The number of carbonyl (C=O) groups is 3. The highest BCUT2D eigenvalue weighted by Gasteiger charge is 2.32. The van der Waals surface area contributed by atoms with E-state index in [-0.39, 0.29) is 11.4 Å². The molecule has 0 aromatic heterocycles. The lowest BCUT2D eigenvalue weighted by molar-refractivity contribution is -0.142. The highest BCUT2D eigenvalue weighted by molar-refractivity contribution is 6.69. The van der Waals surface area contributed by atoms with Crippen molar-refractivity contribution in [2.75, 3.05) is 27.2 Å². The van der Waals surface area contributed by atoms with Gasteiger partial charge in [-0.25, -0.2) is 0 Å². The van der Waals surface area contributed by atoms with E-state index >= 15 is 0 Å². The fourth-order valence-corrected chi connectivity index (χ4v) is 1.78. The molecular weight excluding hydrogens is 260 g/mol. The number of likely N-dealkylation sites (N-methyl/N-ethyl adjacent to an activating group) is 2. The third-order valence-electron chi connectivity index (χ3n) is 3.02. The van der Waals surface area contributed by atoms with Crippen LogP contribution in [-0.4, -0.2) is 66.8 Å². The summed E-state index contributed by atoms with van der Waals surface area (Å²) in [4.78, 5) is 46.9. The van der Waals surface area contributed by atoms with Crippen LogP contribution >= 0.6 is 0 Å². The van der Waals surface area contributed by atoms with Crippen molar-refractivity contribution < 1.29 is 14.4 Å². The summed E-state index contributed by atoms with van der Waals surface area (Å²) in [6, 6.07) is 0. The number of carbonyl (C=O) groups excluding carboxylic acids is 3. The van der Waals surface area contributed by atoms with Crippen LogP contribution in [0.1, 0.15) is 0 Å². The van der Waals surface area contributed by atoms with Crippen LogP contribution in [0.4, 0.5) is 0 Å². The lowest BCUT2D eigenvalue weighted by atomic mass is 10.1. The van der Waals surface area contributed by atoms with Crippen LogP contribution in [0.2, 0.25) is 0 Å². The largest absolute Gasteiger partial charge is 0.365 e. The van der Waals surface area contributed by atoms with Gasteiger partial charge in [0.15, 0.2) is 0 Å². The maximum absolute atomic E-state index is 12.1. The van der Waals surface area contributed by atoms with Crippen molar-refractivity contribution in [3.63, 3.8) is 0 Å². The molecule has 0 N–H and O–H groups in total. The number of aliphatic imine (C=N–C) groups is 2. The van der Waals surface area contributed by atoms with Gasteiger partial charge in [-0.1, -0.05) is 0 Å². The van der Waals surface area contributed by atoms with Crippen LogP contribution in [0, 0.1) is 0 Å². The molecule has 0 bridgehead atoms. The van der Waals surface area contributed by atoms with Crippen LogP contribution in [0.15, 0.2) is 33.8 Å². The van der Waals surface area contributed by atoms with Crippen molar-refractivity contribution in [1.29, 1.82) is 0 Å². The number of rotatable bonds is 4. The Morgan fingerprint density at radius 3 is 1.65 bits per heavy atom. The molecular formula is C13H14N4O3. The van der Waals surface area contributed by atoms with E-state index in [9.17, 15) is 14.4 Å². The topological polar surface area (TPSA) is 82.4 Å². The Morgan fingerprint density at radius 2 is 1.30 bits per heavy atom. The summed E-state index contributed by atoms with van der Waals surface area (Å²) >= 11 is 0. The Labute approximate surface area is 116 Å². The number of Topliss-reactive ketones (excluding diaryl/α,β-unsaturated/α-hetero) is 3. The lowest BCUT2D eigenvalue weighted by Crippen LogP contribution is -2.38. The minimum Gasteiger partial charge on any atom is -0.365 e. The smallest absolute Gasteiger partial charge is 0.277 e. The maximum Gasteiger partial charge on any atom is 0.277 e. The Balaban J connectivity index is 2.19. The number of allylic oxidation sites excluding steroid dienone is 2. The summed E-state index contributed by atoms with van der Waals surface area (Å²) in [6.45, 7) is 0.845. The van der Waals surface area contributed by atoms with Gasteiger partial charge in [-0.3, -0.25) is 24.4 Å². The molecule has 0 saturated carbocycles. The number of hydrogen-bond donors (Lipinski definition) is 0. The van der Waals surface area contributed by atoms with E-state index in [1.54, 1.807) is 36.3 Å². The van der Waals surface area contributed by atoms with Gasteiger partial charge in [0.2, 0.25) is 0 Å². The molecule has 0 aliphatic carbocycles. The summed E-state index contributed by atoms with van der Waals surface area (Å²) in [5.74, 6) is -2.77. The van der Waals surface area contributed by atoms with Crippen molar-refractivity contribution in [3.8, 4) is 0 Å². The van der Waals surface area contributed by atoms with Crippen molar-refractivity contribution in [2.45, 2.75) is 0 Å². The van der Waals surface area contributed by atoms with Gasteiger partial charge in [-0.05, 0) is 0 Å². The first-order valence-electron chi connectivity index (χ1n) is 6.01. The molecule has 0 unspecified atom stereocenters. The molecule has 2 heterocycles. The zero-order valence-corrected chi connectivity index (χ0v) is 11.2. The summed E-state index contributed by atoms with van der Waals surface area (Å²) < 4.78 is 0. The monoisotopic (exact) mass is 274 g/mol. The van der Waals surface area contributed by atoms with Gasteiger partial charge >= 0.3 is 0 Å². The molecule has 0 amide bonds. The highest BCUT2D eigenvalue weighted by atomic mass is 16.2. The molecule has 2 aliphatic heterocycles. The molecule has 0 aromatic rings. The zero-order valence-electron chi connectivity index (χ0n) is 11.2. The molecule has 0 atom stereocenters. The van der Waals surface area contributed by atoms with Gasteiger partial charge in [-0.2, -0.15) is 0 Å². The van der Waals surface area contributed by atoms with E-state index < -0.39 is 17.3 Å². The van der Waals surface area contributed by atoms with E-state index in [1.165, 1.54) is 12.4 Å². The summed E-state index contributed by atoms with van der Waals surface area (Å²) in [5, 5.41) is 0. The predicted octanol–water partition coefficient (Wildman–Crippen LogP) is -0.591. The molecule has 0 radical (unpaired) electrons. The Bertz CT molecular complexity index is 536. The normalized spacial score (nSPS) is 17.7. The van der Waals surface area contributed by atoms with Crippen LogP contribution < -0.4 is 0 Å². The molecule has 20 heavy (non-hydrogen) atoms. The molecule has 7 heteroatoms. The number of ketones is 3. The number of nitrogens with zero attached hydrogens (tertiary/aromatic N) is 4. The van der Waals surface area contributed by atoms with E-state index in [0.717, 1.165) is 0 Å². The van der Waals surface area contributed by atoms with Crippen molar-refractivity contribution in [1.82, 2.24) is 9.80 Å². The van der Waals surface area contributed by atoms with Gasteiger partial charge in [0, 0.05) is 26.5 Å². The van der Waals surface area contributed by atoms with E-state index in [0.29, 0.717) is 13.1 Å². The van der Waals surface area contributed by atoms with Crippen molar-refractivity contribution in [2.24, 2.45) is 9.98 Å². The van der Waals surface area contributed by atoms with Crippen LogP contribution in [0.3, 0.4) is 0 Å². The average Bonchev–Trinajstić information content (AvgIpc) is 2.46. The van der Waals surface area contributed by atoms with Gasteiger partial charge < -0.3 is 9.80 Å². The van der Waals surface area contributed by atoms with E-state index in [4.69, 9.17) is 0 Å². The molecule has 7 nitrogen and oxygen atoms in total. The molecule has 0 saturated heterocycles. The summed E-state index contributed by atoms with van der Waals surface area (Å²) in [6.07, 6.45) is 5.78. The average molecular weight is 274 g/mol. The molecule has 0 spiro atoms. The van der Waals surface area contributed by atoms with Crippen LogP contribution in [-0.2, 0) is 14.4 Å². The summed E-state index contributed by atoms with van der Waals surface area (Å²) in [7, 11) is 3.31. The minimum absolute atomic E-state index is 0.119. The fraction of sp³-hybridized carbons (Fsp3) is 0.308. The summed E-state index contributed by atoms with van der Waals surface area (Å²) in [5.41, 5.74) is 0.238. The third-order valence-corrected chi connectivity index (χ3v) is 3.02. The standard InChI is InChI=1S/C13H14N4O3/c1-16-5-3-14-7-9(16)11(18)13(20)12(19)10-8-15-4-6-17(10)2/h3-4,7-8H,5-6H2,1-2H3. The van der Waals surface area contributed by atoms with Gasteiger partial charge in [0.1, 0.15) is 11.4 Å². The SMILES string of the molecule is CN1CC=NC=C1C(=O)C(=O)C(=O)C1=CN=CCN1C. The zero-order chi connectivity index (χ0) is 14.7. The fourth-order valence-electron chi connectivity index (χ4n) is 1.78. The first-order valence-corrected chi connectivity index (χ1v) is 6.01. The van der Waals surface area contributed by atoms with Crippen molar-refractivity contribution >= 4 is 29.8 Å². The maximum atomic E-state index is 12.1. The van der Waals surface area contributed by atoms with E-state index in [1.807, 2.05) is 0 Å². The second-order valence-electron chi connectivity index (χ2n) is 4.44. The van der Waals surface area contributed by atoms with Gasteiger partial charge in [0.05, 0.1) is 25.5 Å². The first-order chi connectivity index (χ1) is 9.52. The molecule has 104 valence electrons. The minimum atomic E-state index is -1.07. The number of hydrogen-bond acceptors (Lipinski definition) is 7. The van der Waals surface area contributed by atoms with Crippen molar-refractivity contribution in [3.05, 3.63) is 23.8 Å². The Kier molecular flexibility index (Phi) is 3.88.